The predicted octanol–water partition coefficient (Wildman–Crippen LogP) is 3.09. The quantitative estimate of drug-likeness (QED) is 0.351. The number of hydrogen-bond acceptors (Lipinski definition) is 5. The monoisotopic (exact) mass is 549 g/mol. The van der Waals surface area contributed by atoms with Crippen molar-refractivity contribution in [1.29, 1.82) is 0 Å². The van der Waals surface area contributed by atoms with Crippen molar-refractivity contribution in [3.8, 4) is 0 Å². The number of hydrogen-bond donors (Lipinski definition) is 1. The van der Waals surface area contributed by atoms with Gasteiger partial charge in [-0.3, -0.25) is 9.79 Å². The van der Waals surface area contributed by atoms with Crippen molar-refractivity contribution < 1.29 is 4.79 Å². The molecule has 9 heteroatoms. The van der Waals surface area contributed by atoms with Gasteiger partial charge >= 0.3 is 0 Å². The number of benzene rings is 1. The molecular weight excluding hydrogens is 517 g/mol. The number of nitrogens with zero attached hydrogens (tertiary/aromatic N) is 6. The number of guanidine groups is 1. The molecule has 0 bridgehead atoms. The molecule has 1 aromatic heterocycles. The van der Waals surface area contributed by atoms with E-state index in [0.717, 1.165) is 43.8 Å². The minimum atomic E-state index is 0. The minimum Gasteiger partial charge on any atom is -0.343 e. The lowest BCUT2D eigenvalue weighted by Gasteiger charge is -2.34. The summed E-state index contributed by atoms with van der Waals surface area (Å²) in [6.45, 7) is 5.42. The number of carbonyl (C=O) groups is 1. The van der Waals surface area contributed by atoms with E-state index in [1.54, 1.807) is 12.4 Å². The van der Waals surface area contributed by atoms with E-state index in [-0.39, 0.29) is 29.9 Å². The second-order valence-corrected chi connectivity index (χ2v) is 7.91. The lowest BCUT2D eigenvalue weighted by molar-refractivity contribution is -0.131. The first-order chi connectivity index (χ1) is 15.3. The molecule has 32 heavy (non-hydrogen) atoms. The van der Waals surface area contributed by atoms with Crippen molar-refractivity contribution in [2.75, 3.05) is 56.0 Å². The van der Waals surface area contributed by atoms with E-state index in [1.807, 2.05) is 41.3 Å². The first kappa shape index (κ1) is 24.2. The Kier molecular flexibility index (Phi) is 9.51. The molecule has 3 heterocycles. The first-order valence-electron chi connectivity index (χ1n) is 11.2. The van der Waals surface area contributed by atoms with Crippen LogP contribution in [0, 0.1) is 0 Å². The first-order valence-corrected chi connectivity index (χ1v) is 11.2. The van der Waals surface area contributed by atoms with Crippen molar-refractivity contribution in [1.82, 2.24) is 19.8 Å². The number of anilines is 2. The highest BCUT2D eigenvalue weighted by atomic mass is 127. The Labute approximate surface area is 207 Å². The number of aromatic nitrogens is 2. The molecule has 0 spiro atoms. The Bertz CT molecular complexity index is 851. The van der Waals surface area contributed by atoms with Gasteiger partial charge in [-0.05, 0) is 37.5 Å². The molecule has 0 atom stereocenters. The van der Waals surface area contributed by atoms with Gasteiger partial charge in [-0.1, -0.05) is 18.2 Å². The number of amides is 1. The van der Waals surface area contributed by atoms with E-state index in [1.165, 1.54) is 19.3 Å². The average molecular weight is 549 g/mol. The molecule has 2 aliphatic rings. The minimum absolute atomic E-state index is 0. The molecule has 1 amide bonds. The summed E-state index contributed by atoms with van der Waals surface area (Å²) in [5, 5.41) is 3.46. The Hall–Kier alpha value is -2.43. The molecule has 2 aromatic rings. The highest BCUT2D eigenvalue weighted by molar-refractivity contribution is 14.0. The van der Waals surface area contributed by atoms with Crippen molar-refractivity contribution in [3.05, 3.63) is 48.8 Å². The van der Waals surface area contributed by atoms with E-state index in [0.29, 0.717) is 26.1 Å². The number of para-hydroxylation sites is 1. The molecule has 8 nitrogen and oxygen atoms in total. The van der Waals surface area contributed by atoms with Crippen molar-refractivity contribution >= 4 is 47.5 Å². The van der Waals surface area contributed by atoms with E-state index < -0.39 is 0 Å². The number of piperazine rings is 1. The summed E-state index contributed by atoms with van der Waals surface area (Å²) in [5.74, 6) is 1.78. The summed E-state index contributed by atoms with van der Waals surface area (Å²) in [7, 11) is 0. The van der Waals surface area contributed by atoms with Gasteiger partial charge < -0.3 is 20.0 Å². The van der Waals surface area contributed by atoms with Crippen LogP contribution in [0.15, 0.2) is 53.8 Å². The van der Waals surface area contributed by atoms with Gasteiger partial charge in [0.2, 0.25) is 11.9 Å². The molecule has 1 N–H and O–H groups in total. The maximum atomic E-state index is 12.7. The zero-order valence-electron chi connectivity index (χ0n) is 18.4. The number of nitrogens with one attached hydrogen (secondary N) is 1. The van der Waals surface area contributed by atoms with Crippen molar-refractivity contribution in [2.45, 2.75) is 25.7 Å². The summed E-state index contributed by atoms with van der Waals surface area (Å²) in [4.78, 5) is 32.5. The predicted molar refractivity (Wildman–Crippen MR) is 139 cm³/mol. The zero-order valence-corrected chi connectivity index (χ0v) is 20.7. The summed E-state index contributed by atoms with van der Waals surface area (Å²) >= 11 is 0. The fourth-order valence-corrected chi connectivity index (χ4v) is 4.00. The summed E-state index contributed by atoms with van der Waals surface area (Å²) in [6, 6.07) is 11.9. The van der Waals surface area contributed by atoms with Gasteiger partial charge in [0.05, 0.1) is 6.54 Å². The number of rotatable bonds is 5. The van der Waals surface area contributed by atoms with Gasteiger partial charge in [0.25, 0.3) is 0 Å². The highest BCUT2D eigenvalue weighted by Crippen LogP contribution is 2.14. The number of carbonyl (C=O) groups excluding carboxylic acids is 1. The van der Waals surface area contributed by atoms with Gasteiger partial charge in [0.1, 0.15) is 0 Å². The largest absolute Gasteiger partial charge is 0.343 e. The molecule has 0 radical (unpaired) electrons. The molecular formula is C23H32IN7O. The number of halogens is 1. The van der Waals surface area contributed by atoms with Gasteiger partial charge in [0, 0.05) is 63.8 Å². The number of piperidine rings is 1. The fraction of sp³-hybridized carbons (Fsp3) is 0.478. The van der Waals surface area contributed by atoms with Gasteiger partial charge in [0.15, 0.2) is 5.96 Å². The Balaban J connectivity index is 0.00000289. The smallest absolute Gasteiger partial charge is 0.225 e. The van der Waals surface area contributed by atoms with Crippen LogP contribution in [-0.2, 0) is 4.79 Å². The molecule has 172 valence electrons. The van der Waals surface area contributed by atoms with Crippen LogP contribution in [-0.4, -0.2) is 77.4 Å². The molecule has 0 saturated carbocycles. The second kappa shape index (κ2) is 12.6. The van der Waals surface area contributed by atoms with Crippen molar-refractivity contribution in [2.24, 2.45) is 4.99 Å². The molecule has 1 aromatic carbocycles. The standard InChI is InChI=1S/C23H31N7O.HI/c31-21(28-16-18-30(19-17-28)22-24-11-7-12-25-22)10-13-26-23(29-14-5-2-6-15-29)27-20-8-3-1-4-9-20;/h1,3-4,7-9,11-12H,2,5-6,10,13-19H2,(H,26,27);1H. The fourth-order valence-electron chi connectivity index (χ4n) is 4.00. The van der Waals surface area contributed by atoms with Crippen LogP contribution in [0.3, 0.4) is 0 Å². The lowest BCUT2D eigenvalue weighted by atomic mass is 10.1. The number of aliphatic imine (C=N–C) groups is 1. The lowest BCUT2D eigenvalue weighted by Crippen LogP contribution is -2.49. The van der Waals surface area contributed by atoms with Crippen LogP contribution in [0.5, 0.6) is 0 Å². The molecule has 4 rings (SSSR count). The van der Waals surface area contributed by atoms with E-state index in [2.05, 4.69) is 25.1 Å². The van der Waals surface area contributed by atoms with E-state index >= 15 is 0 Å². The average Bonchev–Trinajstić information content (AvgIpc) is 2.85. The molecule has 2 fully saturated rings. The van der Waals surface area contributed by atoms with Crippen LogP contribution < -0.4 is 10.2 Å². The maximum Gasteiger partial charge on any atom is 0.225 e. The van der Waals surface area contributed by atoms with Crippen LogP contribution in [0.1, 0.15) is 25.7 Å². The van der Waals surface area contributed by atoms with Gasteiger partial charge in [-0.15, -0.1) is 24.0 Å². The van der Waals surface area contributed by atoms with Crippen molar-refractivity contribution in [3.63, 3.8) is 0 Å². The Morgan fingerprint density at radius 2 is 1.56 bits per heavy atom. The van der Waals surface area contributed by atoms with Crippen LogP contribution in [0.4, 0.5) is 11.6 Å². The highest BCUT2D eigenvalue weighted by Gasteiger charge is 2.22. The van der Waals surface area contributed by atoms with Gasteiger partial charge in [-0.2, -0.15) is 0 Å². The summed E-state index contributed by atoms with van der Waals surface area (Å²) < 4.78 is 0. The normalized spacial score (nSPS) is 17.0. The third-order valence-corrected chi connectivity index (χ3v) is 5.74. The zero-order chi connectivity index (χ0) is 21.3. The molecule has 0 unspecified atom stereocenters. The third-order valence-electron chi connectivity index (χ3n) is 5.74. The Morgan fingerprint density at radius 1 is 0.875 bits per heavy atom. The summed E-state index contributed by atoms with van der Waals surface area (Å²) in [5.41, 5.74) is 1.03. The topological polar surface area (TPSA) is 77.0 Å². The van der Waals surface area contributed by atoms with Crippen LogP contribution in [0.25, 0.3) is 0 Å². The summed E-state index contributed by atoms with van der Waals surface area (Å²) in [6.07, 6.45) is 7.57. The van der Waals surface area contributed by atoms with E-state index in [4.69, 9.17) is 4.99 Å². The molecule has 2 saturated heterocycles. The Morgan fingerprint density at radius 3 is 2.25 bits per heavy atom. The van der Waals surface area contributed by atoms with Crippen LogP contribution >= 0.6 is 24.0 Å². The molecule has 2 aliphatic heterocycles. The van der Waals surface area contributed by atoms with Gasteiger partial charge in [-0.25, -0.2) is 9.97 Å². The third kappa shape index (κ3) is 6.78. The van der Waals surface area contributed by atoms with E-state index in [9.17, 15) is 4.79 Å². The second-order valence-electron chi connectivity index (χ2n) is 7.91. The SMILES string of the molecule is I.O=C(CCN=C(Nc1ccccc1)N1CCCCC1)N1CCN(c2ncccn2)CC1. The van der Waals surface area contributed by atoms with Crippen LogP contribution in [0.2, 0.25) is 0 Å². The maximum absolute atomic E-state index is 12.7. The molecule has 0 aliphatic carbocycles. The number of likely N-dealkylation sites (tertiary alicyclic amines) is 1.